The minimum atomic E-state index is -2.85. The highest BCUT2D eigenvalue weighted by atomic mass is 19.3. The Kier molecular flexibility index (Phi) is 4.65. The first-order valence-corrected chi connectivity index (χ1v) is 6.06. The molecule has 21 heavy (non-hydrogen) atoms. The van der Waals surface area contributed by atoms with E-state index in [1.807, 2.05) is 0 Å². The Morgan fingerprint density at radius 2 is 2.05 bits per heavy atom. The van der Waals surface area contributed by atoms with Crippen LogP contribution in [0.3, 0.4) is 0 Å². The summed E-state index contributed by atoms with van der Waals surface area (Å²) in [6.45, 7) is -2.85. The molecular formula is C14H13F2N3O2. The number of amides is 1. The minimum Gasteiger partial charge on any atom is -0.435 e. The molecule has 7 heteroatoms. The lowest BCUT2D eigenvalue weighted by atomic mass is 10.2. The van der Waals surface area contributed by atoms with Crippen LogP contribution < -0.4 is 10.1 Å². The Morgan fingerprint density at radius 3 is 2.62 bits per heavy atom. The van der Waals surface area contributed by atoms with Crippen molar-refractivity contribution in [1.29, 1.82) is 0 Å². The number of rotatable bonds is 5. The van der Waals surface area contributed by atoms with Gasteiger partial charge in [0.15, 0.2) is 5.82 Å². The average molecular weight is 293 g/mol. The molecule has 0 unspecified atom stereocenters. The molecule has 0 fully saturated rings. The van der Waals surface area contributed by atoms with Gasteiger partial charge in [-0.1, -0.05) is 12.1 Å². The van der Waals surface area contributed by atoms with Crippen molar-refractivity contribution in [3.63, 3.8) is 0 Å². The molecule has 5 nitrogen and oxygen atoms in total. The molecule has 2 rings (SSSR count). The van der Waals surface area contributed by atoms with Crippen LogP contribution in [0.25, 0.3) is 6.08 Å². The number of aryl methyl sites for hydroxylation is 1. The largest absolute Gasteiger partial charge is 0.435 e. The number of hydrogen-bond donors (Lipinski definition) is 1. The Morgan fingerprint density at radius 1 is 1.33 bits per heavy atom. The van der Waals surface area contributed by atoms with Crippen molar-refractivity contribution in [2.45, 2.75) is 6.61 Å². The van der Waals surface area contributed by atoms with Gasteiger partial charge in [0.05, 0.1) is 0 Å². The van der Waals surface area contributed by atoms with E-state index >= 15 is 0 Å². The van der Waals surface area contributed by atoms with Crippen LogP contribution in [0, 0.1) is 0 Å². The third kappa shape index (κ3) is 4.72. The Bertz CT molecular complexity index is 636. The Balaban J connectivity index is 1.92. The summed E-state index contributed by atoms with van der Waals surface area (Å²) in [6.07, 6.45) is 4.60. The van der Waals surface area contributed by atoms with Gasteiger partial charge in [0.1, 0.15) is 5.75 Å². The quantitative estimate of drug-likeness (QED) is 0.862. The third-order valence-corrected chi connectivity index (χ3v) is 2.50. The molecule has 2 aromatic rings. The molecule has 0 saturated heterocycles. The first-order chi connectivity index (χ1) is 10.0. The van der Waals surface area contributed by atoms with Gasteiger partial charge in [-0.2, -0.15) is 13.9 Å². The smallest absolute Gasteiger partial charge is 0.387 e. The maximum absolute atomic E-state index is 12.0. The molecule has 0 spiro atoms. The normalized spacial score (nSPS) is 11.0. The number of nitrogens with one attached hydrogen (secondary N) is 1. The van der Waals surface area contributed by atoms with Crippen molar-refractivity contribution >= 4 is 17.8 Å². The predicted molar refractivity (Wildman–Crippen MR) is 73.9 cm³/mol. The average Bonchev–Trinajstić information content (AvgIpc) is 2.83. The van der Waals surface area contributed by atoms with Gasteiger partial charge in [-0.15, -0.1) is 0 Å². The fourth-order valence-electron chi connectivity index (χ4n) is 1.58. The monoisotopic (exact) mass is 293 g/mol. The summed E-state index contributed by atoms with van der Waals surface area (Å²) in [5, 5.41) is 6.60. The van der Waals surface area contributed by atoms with Gasteiger partial charge in [-0.05, 0) is 23.8 Å². The number of aromatic nitrogens is 2. The molecule has 0 radical (unpaired) electrons. The van der Waals surface area contributed by atoms with Crippen molar-refractivity contribution in [2.75, 3.05) is 5.32 Å². The van der Waals surface area contributed by atoms with Gasteiger partial charge in [0, 0.05) is 25.4 Å². The molecular weight excluding hydrogens is 280 g/mol. The number of carbonyl (C=O) groups is 1. The van der Waals surface area contributed by atoms with E-state index in [0.29, 0.717) is 11.4 Å². The van der Waals surface area contributed by atoms with Crippen LogP contribution in [-0.2, 0) is 11.8 Å². The molecule has 0 aliphatic heterocycles. The fraction of sp³-hybridized carbons (Fsp3) is 0.143. The van der Waals surface area contributed by atoms with E-state index in [0.717, 1.165) is 0 Å². The Labute approximate surface area is 119 Å². The van der Waals surface area contributed by atoms with E-state index in [1.54, 1.807) is 42.2 Å². The van der Waals surface area contributed by atoms with E-state index in [9.17, 15) is 13.6 Å². The summed E-state index contributed by atoms with van der Waals surface area (Å²) in [5.74, 6) is 0.189. The summed E-state index contributed by atoms with van der Waals surface area (Å²) in [5.41, 5.74) is 0.688. The minimum absolute atomic E-state index is 0.0695. The number of benzene rings is 1. The molecule has 1 amide bonds. The van der Waals surface area contributed by atoms with Crippen LogP contribution in [0.5, 0.6) is 5.75 Å². The highest BCUT2D eigenvalue weighted by molar-refractivity contribution is 6.01. The zero-order valence-corrected chi connectivity index (χ0v) is 11.2. The number of carbonyl (C=O) groups excluding carboxylic acids is 1. The number of alkyl halides is 2. The lowest BCUT2D eigenvalue weighted by Crippen LogP contribution is -2.08. The van der Waals surface area contributed by atoms with E-state index in [2.05, 4.69) is 15.2 Å². The van der Waals surface area contributed by atoms with Gasteiger partial charge in [0.25, 0.3) is 0 Å². The zero-order chi connectivity index (χ0) is 15.2. The van der Waals surface area contributed by atoms with E-state index in [4.69, 9.17) is 0 Å². The van der Waals surface area contributed by atoms with Gasteiger partial charge >= 0.3 is 6.61 Å². The maximum atomic E-state index is 12.0. The summed E-state index contributed by atoms with van der Waals surface area (Å²) < 4.78 is 29.8. The topological polar surface area (TPSA) is 56.2 Å². The van der Waals surface area contributed by atoms with Crippen molar-refractivity contribution in [2.24, 2.45) is 7.05 Å². The summed E-state index contributed by atoms with van der Waals surface area (Å²) in [6, 6.07) is 7.62. The zero-order valence-electron chi connectivity index (χ0n) is 11.2. The standard InChI is InChI=1S/C14H13F2N3O2/c1-19-9-8-12(18-19)17-13(20)7-4-10-2-5-11(6-3-10)21-14(15)16/h2-9,14H,1H3,(H,17,18,20)/b7-4+. The highest BCUT2D eigenvalue weighted by Crippen LogP contribution is 2.15. The van der Waals surface area contributed by atoms with Crippen LogP contribution in [0.2, 0.25) is 0 Å². The molecule has 1 heterocycles. The number of anilines is 1. The fourth-order valence-corrected chi connectivity index (χ4v) is 1.58. The van der Waals surface area contributed by atoms with E-state index < -0.39 is 6.61 Å². The summed E-state index contributed by atoms with van der Waals surface area (Å²) in [7, 11) is 1.74. The van der Waals surface area contributed by atoms with Crippen LogP contribution in [-0.4, -0.2) is 22.3 Å². The SMILES string of the molecule is Cn1ccc(NC(=O)/C=C/c2ccc(OC(F)F)cc2)n1. The van der Waals surface area contributed by atoms with Crippen LogP contribution >= 0.6 is 0 Å². The first-order valence-electron chi connectivity index (χ1n) is 6.06. The summed E-state index contributed by atoms with van der Waals surface area (Å²) >= 11 is 0. The number of hydrogen-bond acceptors (Lipinski definition) is 3. The molecule has 0 aliphatic rings. The molecule has 0 bridgehead atoms. The Hall–Kier alpha value is -2.70. The molecule has 0 saturated carbocycles. The first kappa shape index (κ1) is 14.7. The molecule has 1 aromatic heterocycles. The second-order valence-electron chi connectivity index (χ2n) is 4.14. The van der Waals surface area contributed by atoms with Gasteiger partial charge in [-0.3, -0.25) is 9.48 Å². The lowest BCUT2D eigenvalue weighted by Gasteiger charge is -2.03. The van der Waals surface area contributed by atoms with Crippen molar-refractivity contribution < 1.29 is 18.3 Å². The maximum Gasteiger partial charge on any atom is 0.387 e. The van der Waals surface area contributed by atoms with Gasteiger partial charge in [0.2, 0.25) is 5.91 Å². The van der Waals surface area contributed by atoms with Crippen molar-refractivity contribution in [1.82, 2.24) is 9.78 Å². The molecule has 1 aromatic carbocycles. The molecule has 110 valence electrons. The van der Waals surface area contributed by atoms with E-state index in [1.165, 1.54) is 18.2 Å². The highest BCUT2D eigenvalue weighted by Gasteiger charge is 2.03. The third-order valence-electron chi connectivity index (χ3n) is 2.50. The van der Waals surface area contributed by atoms with Crippen LogP contribution in [0.4, 0.5) is 14.6 Å². The second kappa shape index (κ2) is 6.65. The van der Waals surface area contributed by atoms with E-state index in [-0.39, 0.29) is 11.7 Å². The van der Waals surface area contributed by atoms with Crippen LogP contribution in [0.15, 0.2) is 42.6 Å². The van der Waals surface area contributed by atoms with Gasteiger partial charge in [-0.25, -0.2) is 0 Å². The molecule has 0 atom stereocenters. The lowest BCUT2D eigenvalue weighted by molar-refractivity contribution is -0.111. The second-order valence-corrected chi connectivity index (χ2v) is 4.14. The van der Waals surface area contributed by atoms with Crippen molar-refractivity contribution in [3.05, 3.63) is 48.2 Å². The summed E-state index contributed by atoms with van der Waals surface area (Å²) in [4.78, 5) is 11.6. The van der Waals surface area contributed by atoms with Crippen LogP contribution in [0.1, 0.15) is 5.56 Å². The number of halogens is 2. The van der Waals surface area contributed by atoms with Gasteiger partial charge < -0.3 is 10.1 Å². The number of ether oxygens (including phenoxy) is 1. The van der Waals surface area contributed by atoms with Crippen molar-refractivity contribution in [3.8, 4) is 5.75 Å². The molecule has 1 N–H and O–H groups in total. The predicted octanol–water partition coefficient (Wildman–Crippen LogP) is 2.67. The molecule has 0 aliphatic carbocycles. The number of nitrogens with zero attached hydrogens (tertiary/aromatic N) is 2.